The molecule has 7 nitrogen and oxygen atoms in total. The molecule has 21 heavy (non-hydrogen) atoms. The van der Waals surface area contributed by atoms with E-state index in [1.807, 2.05) is 35.9 Å². The van der Waals surface area contributed by atoms with Gasteiger partial charge in [-0.1, -0.05) is 12.1 Å². The normalized spacial score (nSPS) is 12.3. The molecule has 0 radical (unpaired) electrons. The summed E-state index contributed by atoms with van der Waals surface area (Å²) in [6.07, 6.45) is 0.162. The molecule has 0 saturated carbocycles. The molecule has 0 spiro atoms. The Bertz CT molecular complexity index is 680. The molecule has 0 aliphatic carbocycles. The maximum absolute atomic E-state index is 12.1. The molecule has 2 rings (SSSR count). The number of carboxylic acids is 1. The number of fused-ring (bicyclic) bond motifs is 1. The fourth-order valence-electron chi connectivity index (χ4n) is 2.11. The van der Waals surface area contributed by atoms with Crippen molar-refractivity contribution < 1.29 is 14.7 Å². The van der Waals surface area contributed by atoms with Crippen molar-refractivity contribution in [2.75, 3.05) is 11.9 Å². The first-order chi connectivity index (χ1) is 9.91. The van der Waals surface area contributed by atoms with E-state index < -0.39 is 12.0 Å². The van der Waals surface area contributed by atoms with E-state index in [0.29, 0.717) is 5.95 Å². The van der Waals surface area contributed by atoms with Gasteiger partial charge in [0.05, 0.1) is 11.0 Å². The van der Waals surface area contributed by atoms with Gasteiger partial charge < -0.3 is 15.4 Å². The molecule has 1 amide bonds. The highest BCUT2D eigenvalue weighted by molar-refractivity contribution is 5.93. The zero-order chi connectivity index (χ0) is 15.6. The Labute approximate surface area is 122 Å². The number of nitrogens with two attached hydrogens (primary N) is 1. The maximum atomic E-state index is 12.1. The molecule has 1 heterocycles. The monoisotopic (exact) mass is 290 g/mol. The second-order valence-electron chi connectivity index (χ2n) is 4.90. The first-order valence-corrected chi connectivity index (χ1v) is 6.58. The van der Waals surface area contributed by atoms with Gasteiger partial charge in [-0.15, -0.1) is 0 Å². The molecule has 0 aliphatic rings. The van der Waals surface area contributed by atoms with Crippen molar-refractivity contribution in [3.8, 4) is 0 Å². The number of hydrogen-bond acceptors (Lipinski definition) is 4. The topological polar surface area (TPSA) is 101 Å². The number of hydrogen-bond donors (Lipinski definition) is 2. The number of benzene rings is 1. The summed E-state index contributed by atoms with van der Waals surface area (Å²) in [6.45, 7) is 0. The number of anilines is 1. The summed E-state index contributed by atoms with van der Waals surface area (Å²) in [5.74, 6) is -0.802. The predicted octanol–water partition coefficient (Wildman–Crippen LogP) is 0.728. The number of aliphatic carboxylic acids is 1. The van der Waals surface area contributed by atoms with Crippen LogP contribution < -0.4 is 10.6 Å². The number of aryl methyl sites for hydroxylation is 1. The number of imidazole rings is 1. The average Bonchev–Trinajstić information content (AvgIpc) is 2.81. The largest absolute Gasteiger partial charge is 0.480 e. The third kappa shape index (κ3) is 3.03. The van der Waals surface area contributed by atoms with Gasteiger partial charge in [-0.05, 0) is 18.6 Å². The second-order valence-corrected chi connectivity index (χ2v) is 4.90. The van der Waals surface area contributed by atoms with Crippen LogP contribution >= 0.6 is 0 Å². The lowest BCUT2D eigenvalue weighted by Gasteiger charge is -2.17. The van der Waals surface area contributed by atoms with Crippen molar-refractivity contribution in [3.05, 3.63) is 24.3 Å². The Kier molecular flexibility index (Phi) is 4.23. The van der Waals surface area contributed by atoms with Crippen LogP contribution in [0.4, 0.5) is 5.95 Å². The van der Waals surface area contributed by atoms with Gasteiger partial charge in [-0.3, -0.25) is 14.5 Å². The van der Waals surface area contributed by atoms with E-state index >= 15 is 0 Å². The van der Waals surface area contributed by atoms with Gasteiger partial charge in [-0.25, -0.2) is 4.98 Å². The van der Waals surface area contributed by atoms with Crippen molar-refractivity contribution in [1.82, 2.24) is 9.55 Å². The van der Waals surface area contributed by atoms with Gasteiger partial charge >= 0.3 is 5.97 Å². The number of amides is 1. The summed E-state index contributed by atoms with van der Waals surface area (Å²) in [5.41, 5.74) is 7.13. The summed E-state index contributed by atoms with van der Waals surface area (Å²) in [7, 11) is 3.45. The van der Waals surface area contributed by atoms with Crippen LogP contribution in [0.15, 0.2) is 24.3 Å². The molecular weight excluding hydrogens is 272 g/mol. The van der Waals surface area contributed by atoms with Crippen molar-refractivity contribution in [2.24, 2.45) is 12.8 Å². The summed E-state index contributed by atoms with van der Waals surface area (Å²) >= 11 is 0. The Morgan fingerprint density at radius 3 is 2.71 bits per heavy atom. The molecule has 0 aliphatic heterocycles. The van der Waals surface area contributed by atoms with E-state index in [4.69, 9.17) is 10.8 Å². The highest BCUT2D eigenvalue weighted by Crippen LogP contribution is 2.20. The first-order valence-electron chi connectivity index (χ1n) is 6.58. The second kappa shape index (κ2) is 5.92. The molecule has 1 atom stereocenters. The standard InChI is InChI=1S/C14H18N4O3/c1-17-11-6-4-3-5-10(11)16-14(17)18(2)12(19)8-7-9(15)13(20)21/h3-6,9H,7-8,15H2,1-2H3,(H,20,21)/t9-/m0/s1. The molecule has 3 N–H and O–H groups in total. The van der Waals surface area contributed by atoms with E-state index in [9.17, 15) is 9.59 Å². The molecule has 112 valence electrons. The van der Waals surface area contributed by atoms with Gasteiger partial charge in [0.15, 0.2) is 0 Å². The summed E-state index contributed by atoms with van der Waals surface area (Å²) in [5, 5.41) is 8.72. The molecule has 1 aromatic heterocycles. The molecule has 1 aromatic carbocycles. The molecule has 2 aromatic rings. The van der Waals surface area contributed by atoms with Gasteiger partial charge in [0.25, 0.3) is 0 Å². The van der Waals surface area contributed by atoms with Crippen LogP contribution in [-0.4, -0.2) is 39.6 Å². The fraction of sp³-hybridized carbons (Fsp3) is 0.357. The lowest BCUT2D eigenvalue weighted by Crippen LogP contribution is -2.34. The lowest BCUT2D eigenvalue weighted by atomic mass is 10.1. The van der Waals surface area contributed by atoms with Crippen molar-refractivity contribution in [2.45, 2.75) is 18.9 Å². The molecule has 0 bridgehead atoms. The quantitative estimate of drug-likeness (QED) is 0.845. The predicted molar refractivity (Wildman–Crippen MR) is 79.0 cm³/mol. The highest BCUT2D eigenvalue weighted by atomic mass is 16.4. The van der Waals surface area contributed by atoms with Crippen molar-refractivity contribution in [1.29, 1.82) is 0 Å². The molecular formula is C14H18N4O3. The van der Waals surface area contributed by atoms with E-state index in [1.165, 1.54) is 4.90 Å². The summed E-state index contributed by atoms with van der Waals surface area (Å²) in [4.78, 5) is 28.6. The Balaban J connectivity index is 2.14. The Hall–Kier alpha value is -2.41. The van der Waals surface area contributed by atoms with Gasteiger partial charge in [0.2, 0.25) is 11.9 Å². The molecule has 0 unspecified atom stereocenters. The Morgan fingerprint density at radius 2 is 2.10 bits per heavy atom. The number of nitrogens with zero attached hydrogens (tertiary/aromatic N) is 3. The number of aromatic nitrogens is 2. The average molecular weight is 290 g/mol. The number of carboxylic acid groups (broad SMARTS) is 1. The van der Waals surface area contributed by atoms with Gasteiger partial charge in [0, 0.05) is 20.5 Å². The number of para-hydroxylation sites is 2. The van der Waals surface area contributed by atoms with Crippen LogP contribution in [0.3, 0.4) is 0 Å². The molecule has 0 fully saturated rings. The SMILES string of the molecule is CN(C(=O)CC[C@H](N)C(=O)O)c1nc2ccccc2n1C. The van der Waals surface area contributed by atoms with Gasteiger partial charge in [-0.2, -0.15) is 0 Å². The number of rotatable bonds is 5. The highest BCUT2D eigenvalue weighted by Gasteiger charge is 2.20. The lowest BCUT2D eigenvalue weighted by molar-refractivity contribution is -0.138. The molecule has 0 saturated heterocycles. The first kappa shape index (κ1) is 15.0. The van der Waals surface area contributed by atoms with Crippen LogP contribution in [-0.2, 0) is 16.6 Å². The van der Waals surface area contributed by atoms with Crippen molar-refractivity contribution in [3.63, 3.8) is 0 Å². The third-order valence-electron chi connectivity index (χ3n) is 3.42. The minimum absolute atomic E-state index is 0.0627. The van der Waals surface area contributed by atoms with Crippen LogP contribution in [0.5, 0.6) is 0 Å². The van der Waals surface area contributed by atoms with E-state index in [1.54, 1.807) is 7.05 Å². The smallest absolute Gasteiger partial charge is 0.320 e. The third-order valence-corrected chi connectivity index (χ3v) is 3.42. The van der Waals surface area contributed by atoms with Crippen LogP contribution in [0.25, 0.3) is 11.0 Å². The summed E-state index contributed by atoms with van der Waals surface area (Å²) in [6, 6.07) is 6.55. The van der Waals surface area contributed by atoms with Crippen LogP contribution in [0.1, 0.15) is 12.8 Å². The maximum Gasteiger partial charge on any atom is 0.320 e. The zero-order valence-electron chi connectivity index (χ0n) is 12.0. The fourth-order valence-corrected chi connectivity index (χ4v) is 2.11. The van der Waals surface area contributed by atoms with E-state index in [-0.39, 0.29) is 18.7 Å². The Morgan fingerprint density at radius 1 is 1.43 bits per heavy atom. The molecule has 7 heteroatoms. The van der Waals surface area contributed by atoms with E-state index in [2.05, 4.69) is 4.98 Å². The number of carbonyl (C=O) groups is 2. The zero-order valence-corrected chi connectivity index (χ0v) is 12.0. The van der Waals surface area contributed by atoms with E-state index in [0.717, 1.165) is 11.0 Å². The van der Waals surface area contributed by atoms with Crippen LogP contribution in [0, 0.1) is 0 Å². The minimum Gasteiger partial charge on any atom is -0.480 e. The van der Waals surface area contributed by atoms with Gasteiger partial charge in [0.1, 0.15) is 6.04 Å². The van der Waals surface area contributed by atoms with Crippen molar-refractivity contribution >= 4 is 28.9 Å². The minimum atomic E-state index is -1.10. The summed E-state index contributed by atoms with van der Waals surface area (Å²) < 4.78 is 1.82. The van der Waals surface area contributed by atoms with Crippen LogP contribution in [0.2, 0.25) is 0 Å². The number of carbonyl (C=O) groups excluding carboxylic acids is 1.